The fourth-order valence-electron chi connectivity index (χ4n) is 4.27. The van der Waals surface area contributed by atoms with E-state index in [9.17, 15) is 4.79 Å². The Balaban J connectivity index is 1.77. The molecule has 0 aliphatic heterocycles. The Morgan fingerprint density at radius 3 is 2.72 bits per heavy atom. The third-order valence-corrected chi connectivity index (χ3v) is 5.81. The van der Waals surface area contributed by atoms with Gasteiger partial charge >= 0.3 is 5.97 Å². The number of benzene rings is 2. The highest BCUT2D eigenvalue weighted by Gasteiger charge is 2.21. The van der Waals surface area contributed by atoms with Crippen LogP contribution in [0, 0.1) is 0 Å². The summed E-state index contributed by atoms with van der Waals surface area (Å²) in [6.45, 7) is 3.06. The number of aliphatic carboxylic acids is 1. The minimum absolute atomic E-state index is 0.0834. The van der Waals surface area contributed by atoms with Gasteiger partial charge in [0, 0.05) is 35.6 Å². The molecule has 1 aliphatic carbocycles. The highest BCUT2D eigenvalue weighted by molar-refractivity contribution is 5.88. The Labute approximate surface area is 171 Å². The van der Waals surface area contributed by atoms with Gasteiger partial charge in [-0.25, -0.2) is 0 Å². The second-order valence-corrected chi connectivity index (χ2v) is 7.86. The van der Waals surface area contributed by atoms with Crippen molar-refractivity contribution in [3.05, 3.63) is 48.2 Å². The number of ether oxygens (including phenoxy) is 1. The van der Waals surface area contributed by atoms with Gasteiger partial charge in [0.05, 0.1) is 11.8 Å². The molecule has 0 unspecified atom stereocenters. The summed E-state index contributed by atoms with van der Waals surface area (Å²) in [5.74, 6) is -0.0797. The first-order valence-corrected chi connectivity index (χ1v) is 10.4. The maximum atomic E-state index is 11.0. The first-order chi connectivity index (χ1) is 14.0. The summed E-state index contributed by atoms with van der Waals surface area (Å²) in [7, 11) is 0. The van der Waals surface area contributed by atoms with E-state index in [1.807, 2.05) is 12.1 Å². The van der Waals surface area contributed by atoms with Crippen LogP contribution in [0.3, 0.4) is 0 Å². The number of anilines is 1. The van der Waals surface area contributed by atoms with Crippen molar-refractivity contribution in [1.29, 1.82) is 0 Å². The first-order valence-electron chi connectivity index (χ1n) is 10.4. The summed E-state index contributed by atoms with van der Waals surface area (Å²) in [6.07, 6.45) is 7.31. The van der Waals surface area contributed by atoms with Crippen LogP contribution in [0.25, 0.3) is 22.0 Å². The van der Waals surface area contributed by atoms with Crippen molar-refractivity contribution >= 4 is 22.6 Å². The van der Waals surface area contributed by atoms with Crippen molar-refractivity contribution < 1.29 is 14.6 Å². The highest BCUT2D eigenvalue weighted by atomic mass is 16.5. The zero-order chi connectivity index (χ0) is 20.4. The van der Waals surface area contributed by atoms with Crippen molar-refractivity contribution in [1.82, 2.24) is 4.57 Å². The molecular weight excluding hydrogens is 364 g/mol. The Morgan fingerprint density at radius 1 is 1.21 bits per heavy atom. The van der Waals surface area contributed by atoms with Gasteiger partial charge in [0.15, 0.2) is 0 Å². The zero-order valence-corrected chi connectivity index (χ0v) is 16.9. The molecule has 1 heterocycles. The quantitative estimate of drug-likeness (QED) is 0.539. The number of aromatic nitrogens is 1. The molecule has 5 nitrogen and oxygen atoms in total. The molecule has 0 radical (unpaired) electrons. The number of nitrogens with two attached hydrogens (primary N) is 1. The second kappa shape index (κ2) is 8.19. The number of nitrogens with zero attached hydrogens (tertiary/aromatic N) is 1. The van der Waals surface area contributed by atoms with Crippen LogP contribution in [-0.2, 0) is 17.8 Å². The van der Waals surface area contributed by atoms with Crippen LogP contribution in [0.4, 0.5) is 5.69 Å². The van der Waals surface area contributed by atoms with E-state index in [0.29, 0.717) is 12.1 Å². The van der Waals surface area contributed by atoms with Gasteiger partial charge in [-0.3, -0.25) is 4.79 Å². The van der Waals surface area contributed by atoms with E-state index in [1.165, 1.54) is 23.7 Å². The Morgan fingerprint density at radius 2 is 2.00 bits per heavy atom. The van der Waals surface area contributed by atoms with Crippen molar-refractivity contribution in [3.8, 4) is 16.9 Å². The van der Waals surface area contributed by atoms with Crippen molar-refractivity contribution in [2.45, 2.75) is 58.1 Å². The maximum Gasteiger partial charge on any atom is 0.303 e. The number of nitrogen functional groups attached to an aromatic ring is 1. The molecular formula is C24H28N2O3. The summed E-state index contributed by atoms with van der Waals surface area (Å²) in [5, 5.41) is 10.2. The lowest BCUT2D eigenvalue weighted by molar-refractivity contribution is -0.136. The molecule has 0 spiro atoms. The number of hydrogen-bond acceptors (Lipinski definition) is 3. The predicted octanol–water partition coefficient (Wildman–Crippen LogP) is 5.25. The predicted molar refractivity (Wildman–Crippen MR) is 116 cm³/mol. The molecule has 4 rings (SSSR count). The summed E-state index contributed by atoms with van der Waals surface area (Å²) in [5.41, 5.74) is 11.1. The van der Waals surface area contributed by atoms with Crippen LogP contribution in [0.5, 0.6) is 5.75 Å². The molecule has 3 aromatic rings. The monoisotopic (exact) mass is 392 g/mol. The summed E-state index contributed by atoms with van der Waals surface area (Å²) in [4.78, 5) is 11.0. The topological polar surface area (TPSA) is 77.5 Å². The number of rotatable bonds is 7. The Kier molecular flexibility index (Phi) is 5.47. The lowest BCUT2D eigenvalue weighted by Gasteiger charge is -2.20. The van der Waals surface area contributed by atoms with E-state index < -0.39 is 5.97 Å². The van der Waals surface area contributed by atoms with Gasteiger partial charge in [0.25, 0.3) is 0 Å². The van der Waals surface area contributed by atoms with Gasteiger partial charge in [-0.1, -0.05) is 6.07 Å². The average Bonchev–Trinajstić information content (AvgIpc) is 3.36. The van der Waals surface area contributed by atoms with Crippen molar-refractivity contribution in [3.63, 3.8) is 0 Å². The Bertz CT molecular complexity index is 1030. The minimum atomic E-state index is -0.807. The number of carboxylic acid groups (broad SMARTS) is 1. The number of hydrogen-bond donors (Lipinski definition) is 2. The van der Waals surface area contributed by atoms with Gasteiger partial charge in [-0.15, -0.1) is 0 Å². The lowest BCUT2D eigenvalue weighted by Crippen LogP contribution is -2.13. The second-order valence-electron chi connectivity index (χ2n) is 7.86. The van der Waals surface area contributed by atoms with E-state index in [-0.39, 0.29) is 12.5 Å². The van der Waals surface area contributed by atoms with E-state index >= 15 is 0 Å². The fraction of sp³-hybridized carbons (Fsp3) is 0.375. The molecule has 1 aromatic heterocycles. The van der Waals surface area contributed by atoms with E-state index in [4.69, 9.17) is 15.6 Å². The van der Waals surface area contributed by atoms with Gasteiger partial charge in [0.2, 0.25) is 0 Å². The van der Waals surface area contributed by atoms with E-state index in [0.717, 1.165) is 41.8 Å². The van der Waals surface area contributed by atoms with Gasteiger partial charge in [-0.05, 0) is 80.5 Å². The molecule has 0 saturated heterocycles. The van der Waals surface area contributed by atoms with Crippen LogP contribution in [0.15, 0.2) is 42.6 Å². The van der Waals surface area contributed by atoms with Gasteiger partial charge < -0.3 is 20.1 Å². The van der Waals surface area contributed by atoms with Crippen molar-refractivity contribution in [2.75, 3.05) is 5.73 Å². The molecule has 29 heavy (non-hydrogen) atoms. The molecule has 152 valence electrons. The molecule has 5 heteroatoms. The smallest absolute Gasteiger partial charge is 0.303 e. The number of carboxylic acids is 1. The average molecular weight is 392 g/mol. The molecule has 1 saturated carbocycles. The van der Waals surface area contributed by atoms with Crippen LogP contribution in [0.1, 0.15) is 44.6 Å². The number of aryl methyl sites for hydroxylation is 2. The summed E-state index contributed by atoms with van der Waals surface area (Å²) in [6, 6.07) is 12.4. The molecule has 0 atom stereocenters. The number of carbonyl (C=O) groups is 1. The summed E-state index contributed by atoms with van der Waals surface area (Å²) < 4.78 is 8.58. The third kappa shape index (κ3) is 4.09. The van der Waals surface area contributed by atoms with Crippen LogP contribution >= 0.6 is 0 Å². The van der Waals surface area contributed by atoms with E-state index in [2.05, 4.69) is 42.0 Å². The Hall–Kier alpha value is -2.95. The molecule has 1 fully saturated rings. The largest absolute Gasteiger partial charge is 0.488 e. The maximum absolute atomic E-state index is 11.0. The van der Waals surface area contributed by atoms with Gasteiger partial charge in [-0.2, -0.15) is 0 Å². The molecule has 0 amide bonds. The normalized spacial score (nSPS) is 14.5. The molecule has 3 N–H and O–H groups in total. The van der Waals surface area contributed by atoms with Crippen LogP contribution in [0.2, 0.25) is 0 Å². The molecule has 0 bridgehead atoms. The fourth-order valence-corrected chi connectivity index (χ4v) is 4.27. The van der Waals surface area contributed by atoms with Crippen molar-refractivity contribution in [2.24, 2.45) is 0 Å². The van der Waals surface area contributed by atoms with Crippen LogP contribution < -0.4 is 10.5 Å². The third-order valence-electron chi connectivity index (χ3n) is 5.81. The van der Waals surface area contributed by atoms with E-state index in [1.54, 1.807) is 0 Å². The lowest BCUT2D eigenvalue weighted by atomic mass is 9.97. The standard InChI is InChI=1S/C24H28N2O3/c1-2-26-12-11-18-15-17(8-9-22(18)26)20-13-16(7-10-23(27)28)14-21(25)24(20)29-19-5-3-4-6-19/h8-9,11-15,19H,2-7,10,25H2,1H3,(H,27,28). The first kappa shape index (κ1) is 19.4. The van der Waals surface area contributed by atoms with Crippen LogP contribution in [-0.4, -0.2) is 21.7 Å². The SMILES string of the molecule is CCn1ccc2cc(-c3cc(CCC(=O)O)cc(N)c3OC3CCCC3)ccc21. The number of fused-ring (bicyclic) bond motifs is 1. The molecule has 2 aromatic carbocycles. The minimum Gasteiger partial charge on any atom is -0.488 e. The molecule has 1 aliphatic rings. The summed E-state index contributed by atoms with van der Waals surface area (Å²) >= 11 is 0. The van der Waals surface area contributed by atoms with Gasteiger partial charge in [0.1, 0.15) is 5.75 Å². The highest BCUT2D eigenvalue weighted by Crippen LogP contribution is 2.40. The zero-order valence-electron chi connectivity index (χ0n) is 16.9.